The highest BCUT2D eigenvalue weighted by Gasteiger charge is 2.27. The van der Waals surface area contributed by atoms with Crippen LogP contribution in [0, 0.1) is 6.92 Å². The van der Waals surface area contributed by atoms with E-state index in [1.807, 2.05) is 41.1 Å². The van der Waals surface area contributed by atoms with E-state index in [4.69, 9.17) is 0 Å². The van der Waals surface area contributed by atoms with Gasteiger partial charge in [-0.15, -0.1) is 0 Å². The Morgan fingerprint density at radius 1 is 1.27 bits per heavy atom. The number of rotatable bonds is 4. The minimum absolute atomic E-state index is 0.206. The van der Waals surface area contributed by atoms with Crippen LogP contribution in [0.25, 0.3) is 0 Å². The van der Waals surface area contributed by atoms with E-state index in [1.54, 1.807) is 11.8 Å². The van der Waals surface area contributed by atoms with Gasteiger partial charge in [-0.05, 0) is 23.7 Å². The maximum atomic E-state index is 12.6. The number of aryl methyl sites for hydroxylation is 1. The predicted molar refractivity (Wildman–Crippen MR) is 91.1 cm³/mol. The molecule has 4 rings (SSSR count). The molecule has 0 unspecified atom stereocenters. The number of carbonyl (C=O) groups excluding carboxylic acids is 1. The fourth-order valence-corrected chi connectivity index (χ4v) is 3.14. The second-order valence-corrected chi connectivity index (χ2v) is 6.41. The lowest BCUT2D eigenvalue weighted by Gasteiger charge is -2.26. The van der Waals surface area contributed by atoms with E-state index < -0.39 is 6.10 Å². The Morgan fingerprint density at radius 3 is 2.81 bits per heavy atom. The number of aliphatic hydroxyl groups excluding tert-OH is 1. The van der Waals surface area contributed by atoms with Gasteiger partial charge in [0, 0.05) is 13.0 Å². The van der Waals surface area contributed by atoms with Gasteiger partial charge in [0.15, 0.2) is 5.69 Å². The van der Waals surface area contributed by atoms with Crippen molar-refractivity contribution in [3.05, 3.63) is 64.7 Å². The van der Waals surface area contributed by atoms with Crippen LogP contribution in [0.1, 0.15) is 39.2 Å². The highest BCUT2D eigenvalue weighted by molar-refractivity contribution is 5.93. The Morgan fingerprint density at radius 2 is 2.08 bits per heavy atom. The molecule has 0 fully saturated rings. The molecule has 0 saturated carbocycles. The average Bonchev–Trinajstić information content (AvgIpc) is 3.27. The van der Waals surface area contributed by atoms with Gasteiger partial charge in [-0.3, -0.25) is 9.48 Å². The van der Waals surface area contributed by atoms with Crippen molar-refractivity contribution in [1.29, 1.82) is 0 Å². The number of amides is 1. The van der Waals surface area contributed by atoms with Crippen LogP contribution in [0.4, 0.5) is 0 Å². The zero-order chi connectivity index (χ0) is 18.1. The Kier molecular flexibility index (Phi) is 4.26. The van der Waals surface area contributed by atoms with Gasteiger partial charge >= 0.3 is 0 Å². The summed E-state index contributed by atoms with van der Waals surface area (Å²) in [7, 11) is 0. The molecule has 134 valence electrons. The van der Waals surface area contributed by atoms with Crippen LogP contribution >= 0.6 is 0 Å². The highest BCUT2D eigenvalue weighted by atomic mass is 16.6. The van der Waals surface area contributed by atoms with Gasteiger partial charge in [-0.1, -0.05) is 35.5 Å². The van der Waals surface area contributed by atoms with Crippen molar-refractivity contribution < 1.29 is 14.5 Å². The molecule has 1 aliphatic heterocycles. The summed E-state index contributed by atoms with van der Waals surface area (Å²) >= 11 is 0. The van der Waals surface area contributed by atoms with Crippen molar-refractivity contribution in [2.24, 2.45) is 0 Å². The van der Waals surface area contributed by atoms with Crippen molar-refractivity contribution in [3.8, 4) is 0 Å². The van der Waals surface area contributed by atoms with E-state index >= 15 is 0 Å². The number of benzene rings is 1. The van der Waals surface area contributed by atoms with Crippen molar-refractivity contribution in [3.63, 3.8) is 0 Å². The zero-order valence-electron chi connectivity index (χ0n) is 14.4. The molecule has 0 bridgehead atoms. The fourth-order valence-electron chi connectivity index (χ4n) is 3.14. The summed E-state index contributed by atoms with van der Waals surface area (Å²) in [4.78, 5) is 14.2. The topological polar surface area (TPSA) is 97.3 Å². The van der Waals surface area contributed by atoms with Crippen LogP contribution in [0.3, 0.4) is 0 Å². The molecular weight excluding hydrogens is 334 g/mol. The van der Waals surface area contributed by atoms with Crippen LogP contribution in [0.5, 0.6) is 0 Å². The third kappa shape index (κ3) is 3.11. The molecule has 3 heterocycles. The first-order chi connectivity index (χ1) is 12.6. The summed E-state index contributed by atoms with van der Waals surface area (Å²) in [5, 5.41) is 22.3. The van der Waals surface area contributed by atoms with Crippen molar-refractivity contribution in [2.75, 3.05) is 6.54 Å². The minimum Gasteiger partial charge on any atom is -0.386 e. The van der Waals surface area contributed by atoms with Crippen LogP contribution < -0.4 is 0 Å². The summed E-state index contributed by atoms with van der Waals surface area (Å²) in [5.74, 6) is -0.206. The molecular formula is C18H19N5O3. The zero-order valence-corrected chi connectivity index (χ0v) is 14.4. The maximum absolute atomic E-state index is 12.6. The van der Waals surface area contributed by atoms with Crippen LogP contribution in [-0.4, -0.2) is 42.6 Å². The summed E-state index contributed by atoms with van der Waals surface area (Å²) in [6.45, 7) is 3.20. The molecule has 0 aliphatic carbocycles. The Labute approximate surface area is 150 Å². The Hall–Kier alpha value is -3.00. The molecule has 1 amide bonds. The van der Waals surface area contributed by atoms with Gasteiger partial charge in [0.25, 0.3) is 5.91 Å². The molecule has 1 aliphatic rings. The molecule has 0 saturated heterocycles. The monoisotopic (exact) mass is 353 g/mol. The third-order valence-electron chi connectivity index (χ3n) is 4.57. The van der Waals surface area contributed by atoms with Crippen LogP contribution in [-0.2, 0) is 19.5 Å². The number of aromatic nitrogens is 4. The lowest BCUT2D eigenvalue weighted by Crippen LogP contribution is -2.38. The lowest BCUT2D eigenvalue weighted by atomic mass is 10.1. The van der Waals surface area contributed by atoms with E-state index in [2.05, 4.69) is 20.0 Å². The van der Waals surface area contributed by atoms with Gasteiger partial charge in [0.1, 0.15) is 11.8 Å². The molecule has 1 N–H and O–H groups in total. The van der Waals surface area contributed by atoms with Gasteiger partial charge in [0.05, 0.1) is 24.5 Å². The third-order valence-corrected chi connectivity index (χ3v) is 4.57. The van der Waals surface area contributed by atoms with Crippen LogP contribution in [0.2, 0.25) is 0 Å². The van der Waals surface area contributed by atoms with Gasteiger partial charge in [0.2, 0.25) is 0 Å². The van der Waals surface area contributed by atoms with E-state index in [9.17, 15) is 9.90 Å². The molecule has 1 atom stereocenters. The van der Waals surface area contributed by atoms with Crippen LogP contribution in [0.15, 0.2) is 41.0 Å². The standard InChI is InChI=1S/C18H19N5O3/c1-12-17(21-26-20-12)18(25)22-7-8-23-14(11-22)10-15(19-23)16(24)9-13-5-3-2-4-6-13/h2-6,10,16,24H,7-9,11H2,1H3/t16-/m1/s1. The number of hydrogen-bond donors (Lipinski definition) is 1. The first kappa shape index (κ1) is 16.5. The SMILES string of the molecule is Cc1nonc1C(=O)N1CCn2nc([C@H](O)Cc3ccccc3)cc2C1. The average molecular weight is 353 g/mol. The molecule has 26 heavy (non-hydrogen) atoms. The van der Waals surface area contributed by atoms with E-state index in [1.165, 1.54) is 0 Å². The number of nitrogens with zero attached hydrogens (tertiary/aromatic N) is 5. The van der Waals surface area contributed by atoms with E-state index in [0.717, 1.165) is 11.3 Å². The number of hydrogen-bond acceptors (Lipinski definition) is 6. The summed E-state index contributed by atoms with van der Waals surface area (Å²) in [6, 6.07) is 11.7. The normalized spacial score (nSPS) is 14.9. The lowest BCUT2D eigenvalue weighted by molar-refractivity contribution is 0.0694. The summed E-state index contributed by atoms with van der Waals surface area (Å²) in [6.07, 6.45) is -0.175. The molecule has 8 heteroatoms. The number of carbonyl (C=O) groups is 1. The van der Waals surface area contributed by atoms with Gasteiger partial charge in [-0.25, -0.2) is 4.63 Å². The minimum atomic E-state index is -0.679. The Balaban J connectivity index is 1.48. The smallest absolute Gasteiger partial charge is 0.278 e. The van der Waals surface area contributed by atoms with Crippen molar-refractivity contribution in [2.45, 2.75) is 32.5 Å². The molecule has 3 aromatic rings. The second kappa shape index (κ2) is 6.72. The summed E-state index contributed by atoms with van der Waals surface area (Å²) < 4.78 is 6.47. The van der Waals surface area contributed by atoms with Gasteiger partial charge in [-0.2, -0.15) is 5.10 Å². The first-order valence-electron chi connectivity index (χ1n) is 8.49. The molecule has 1 aromatic carbocycles. The molecule has 0 spiro atoms. The predicted octanol–water partition coefficient (Wildman–Crippen LogP) is 1.51. The van der Waals surface area contributed by atoms with Gasteiger partial charge < -0.3 is 10.0 Å². The van der Waals surface area contributed by atoms with Crippen molar-refractivity contribution in [1.82, 2.24) is 25.0 Å². The molecule has 8 nitrogen and oxygen atoms in total. The molecule has 0 radical (unpaired) electrons. The van der Waals surface area contributed by atoms with E-state index in [0.29, 0.717) is 37.4 Å². The Bertz CT molecular complexity index is 918. The molecule has 2 aromatic heterocycles. The number of fused-ring (bicyclic) bond motifs is 1. The first-order valence-corrected chi connectivity index (χ1v) is 8.49. The fraction of sp³-hybridized carbons (Fsp3) is 0.333. The van der Waals surface area contributed by atoms with Crippen molar-refractivity contribution >= 4 is 5.91 Å². The largest absolute Gasteiger partial charge is 0.386 e. The quantitative estimate of drug-likeness (QED) is 0.763. The van der Waals surface area contributed by atoms with E-state index in [-0.39, 0.29) is 11.6 Å². The maximum Gasteiger partial charge on any atom is 0.278 e. The second-order valence-electron chi connectivity index (χ2n) is 6.41. The number of aliphatic hydroxyl groups is 1. The summed E-state index contributed by atoms with van der Waals surface area (Å²) in [5.41, 5.74) is 3.28. The highest BCUT2D eigenvalue weighted by Crippen LogP contribution is 2.22.